The molecule has 1 aromatic rings. The average molecular weight is 308 g/mol. The summed E-state index contributed by atoms with van der Waals surface area (Å²) in [5.41, 5.74) is 0.972. The van der Waals surface area contributed by atoms with Crippen molar-refractivity contribution in [2.75, 3.05) is 6.54 Å². The van der Waals surface area contributed by atoms with Crippen LogP contribution in [-0.2, 0) is 5.41 Å². The number of alkyl halides is 3. The van der Waals surface area contributed by atoms with Crippen molar-refractivity contribution in [1.29, 1.82) is 0 Å². The van der Waals surface area contributed by atoms with Crippen molar-refractivity contribution in [2.24, 2.45) is 0 Å². The average Bonchev–Trinajstić information content (AvgIpc) is 2.65. The van der Waals surface area contributed by atoms with Crippen molar-refractivity contribution in [3.8, 4) is 0 Å². The summed E-state index contributed by atoms with van der Waals surface area (Å²) in [6, 6.07) is 0.0387. The molecule has 20 heavy (non-hydrogen) atoms. The molecule has 1 N–H and O–H groups in total. The fourth-order valence-electron chi connectivity index (χ4n) is 1.83. The molecule has 116 valence electrons. The molecule has 6 heteroatoms. The zero-order valence-corrected chi connectivity index (χ0v) is 13.5. The van der Waals surface area contributed by atoms with Crippen LogP contribution in [0.4, 0.5) is 13.2 Å². The van der Waals surface area contributed by atoms with Crippen molar-refractivity contribution in [3.05, 3.63) is 15.6 Å². The normalized spacial score (nSPS) is 14.6. The second-order valence-corrected chi connectivity index (χ2v) is 7.14. The van der Waals surface area contributed by atoms with Crippen LogP contribution in [0.5, 0.6) is 0 Å². The molecule has 1 atom stereocenters. The van der Waals surface area contributed by atoms with Gasteiger partial charge in [0, 0.05) is 22.8 Å². The Bertz CT molecular complexity index is 433. The molecular formula is C14H23F3N2S. The summed E-state index contributed by atoms with van der Waals surface area (Å²) in [6.07, 6.45) is -4.69. The van der Waals surface area contributed by atoms with E-state index < -0.39 is 12.6 Å². The molecule has 1 rings (SSSR count). The summed E-state index contributed by atoms with van der Waals surface area (Å²) >= 11 is 1.64. The van der Waals surface area contributed by atoms with E-state index in [2.05, 4.69) is 31.1 Å². The summed E-state index contributed by atoms with van der Waals surface area (Å²) < 4.78 is 36.2. The van der Waals surface area contributed by atoms with E-state index in [0.717, 1.165) is 15.6 Å². The Hall–Kier alpha value is -0.620. The molecule has 0 spiro atoms. The van der Waals surface area contributed by atoms with E-state index in [9.17, 15) is 13.2 Å². The lowest BCUT2D eigenvalue weighted by atomic mass is 9.98. The Morgan fingerprint density at radius 2 is 1.85 bits per heavy atom. The van der Waals surface area contributed by atoms with Gasteiger partial charge in [0.05, 0.1) is 10.7 Å². The zero-order valence-electron chi connectivity index (χ0n) is 12.7. The first-order valence-corrected chi connectivity index (χ1v) is 7.60. The smallest absolute Gasteiger partial charge is 0.309 e. The van der Waals surface area contributed by atoms with Crippen LogP contribution in [0.2, 0.25) is 0 Å². The van der Waals surface area contributed by atoms with Gasteiger partial charge in [-0.3, -0.25) is 0 Å². The molecule has 1 heterocycles. The van der Waals surface area contributed by atoms with Crippen LogP contribution in [0.3, 0.4) is 0 Å². The first-order valence-electron chi connectivity index (χ1n) is 6.78. The van der Waals surface area contributed by atoms with Crippen LogP contribution < -0.4 is 5.32 Å². The monoisotopic (exact) mass is 308 g/mol. The van der Waals surface area contributed by atoms with E-state index in [4.69, 9.17) is 0 Å². The van der Waals surface area contributed by atoms with Gasteiger partial charge >= 0.3 is 6.18 Å². The lowest BCUT2D eigenvalue weighted by Gasteiger charge is -2.15. The van der Waals surface area contributed by atoms with E-state index in [1.165, 1.54) is 0 Å². The summed E-state index contributed by atoms with van der Waals surface area (Å²) in [7, 11) is 0. The lowest BCUT2D eigenvalue weighted by molar-refractivity contribution is -0.135. The standard InChI is InChI=1S/C14H23F3N2S/c1-9(18-8-6-7-14(15,16)17)11-10(2)19-12(20-11)13(3,4)5/h9,18H,6-8H2,1-5H3. The SMILES string of the molecule is Cc1nc(C(C)(C)C)sc1C(C)NCCCC(F)(F)F. The fourth-order valence-corrected chi connectivity index (χ4v) is 2.98. The largest absolute Gasteiger partial charge is 0.389 e. The van der Waals surface area contributed by atoms with Crippen LogP contribution in [0.25, 0.3) is 0 Å². The van der Waals surface area contributed by atoms with Crippen molar-refractivity contribution in [2.45, 2.75) is 65.1 Å². The molecule has 0 aliphatic rings. The third-order valence-corrected chi connectivity index (χ3v) is 4.72. The van der Waals surface area contributed by atoms with Crippen LogP contribution >= 0.6 is 11.3 Å². The molecule has 0 fully saturated rings. The van der Waals surface area contributed by atoms with E-state index in [1.807, 2.05) is 13.8 Å². The van der Waals surface area contributed by atoms with E-state index in [1.54, 1.807) is 11.3 Å². The third kappa shape index (κ3) is 5.40. The Labute approximate surface area is 122 Å². The maximum absolute atomic E-state index is 12.1. The molecule has 1 unspecified atom stereocenters. The topological polar surface area (TPSA) is 24.9 Å². The minimum Gasteiger partial charge on any atom is -0.309 e. The molecule has 0 bridgehead atoms. The molecule has 0 aliphatic heterocycles. The van der Waals surface area contributed by atoms with E-state index in [0.29, 0.717) is 6.54 Å². The molecule has 0 aliphatic carbocycles. The van der Waals surface area contributed by atoms with Gasteiger partial charge in [0.2, 0.25) is 0 Å². The van der Waals surface area contributed by atoms with Gasteiger partial charge in [0.15, 0.2) is 0 Å². The number of thiazole rings is 1. The van der Waals surface area contributed by atoms with Gasteiger partial charge in [-0.1, -0.05) is 20.8 Å². The van der Waals surface area contributed by atoms with Crippen LogP contribution in [-0.4, -0.2) is 17.7 Å². The minimum absolute atomic E-state index is 0.00365. The number of nitrogens with one attached hydrogen (secondary N) is 1. The maximum Gasteiger partial charge on any atom is 0.389 e. The zero-order chi connectivity index (χ0) is 15.6. The van der Waals surface area contributed by atoms with Crippen LogP contribution in [0.1, 0.15) is 62.2 Å². The molecule has 2 nitrogen and oxygen atoms in total. The van der Waals surface area contributed by atoms with Gasteiger partial charge in [0.1, 0.15) is 0 Å². The lowest BCUT2D eigenvalue weighted by Crippen LogP contribution is -2.21. The molecule has 1 aromatic heterocycles. The summed E-state index contributed by atoms with van der Waals surface area (Å²) in [6.45, 7) is 10.6. The first kappa shape index (κ1) is 17.4. The van der Waals surface area contributed by atoms with Crippen molar-refractivity contribution in [3.63, 3.8) is 0 Å². The number of hydrogen-bond acceptors (Lipinski definition) is 3. The van der Waals surface area contributed by atoms with Crippen molar-refractivity contribution >= 4 is 11.3 Å². The quantitative estimate of drug-likeness (QED) is 0.795. The number of hydrogen-bond donors (Lipinski definition) is 1. The highest BCUT2D eigenvalue weighted by atomic mass is 32.1. The predicted molar refractivity (Wildman–Crippen MR) is 77.3 cm³/mol. The Balaban J connectivity index is 2.56. The van der Waals surface area contributed by atoms with Gasteiger partial charge in [-0.05, 0) is 26.8 Å². The highest BCUT2D eigenvalue weighted by Crippen LogP contribution is 2.32. The van der Waals surface area contributed by atoms with Crippen molar-refractivity contribution < 1.29 is 13.2 Å². The van der Waals surface area contributed by atoms with Gasteiger partial charge < -0.3 is 5.32 Å². The minimum atomic E-state index is -4.06. The van der Waals surface area contributed by atoms with Gasteiger partial charge in [-0.25, -0.2) is 4.98 Å². The summed E-state index contributed by atoms with van der Waals surface area (Å²) in [5.74, 6) is 0. The second-order valence-electron chi connectivity index (χ2n) is 6.11. The number of halogens is 3. The van der Waals surface area contributed by atoms with Crippen LogP contribution in [0.15, 0.2) is 0 Å². The van der Waals surface area contributed by atoms with E-state index in [-0.39, 0.29) is 17.9 Å². The Morgan fingerprint density at radius 1 is 1.25 bits per heavy atom. The predicted octanol–water partition coefficient (Wildman–Crippen LogP) is 4.74. The Kier molecular flexibility index (Phi) is 5.61. The molecule has 0 amide bonds. The number of aryl methyl sites for hydroxylation is 1. The van der Waals surface area contributed by atoms with Gasteiger partial charge in [-0.15, -0.1) is 11.3 Å². The number of nitrogens with zero attached hydrogens (tertiary/aromatic N) is 1. The van der Waals surface area contributed by atoms with E-state index >= 15 is 0 Å². The highest BCUT2D eigenvalue weighted by Gasteiger charge is 2.26. The Morgan fingerprint density at radius 3 is 2.30 bits per heavy atom. The molecular weight excluding hydrogens is 285 g/mol. The maximum atomic E-state index is 12.1. The second kappa shape index (κ2) is 6.43. The number of rotatable bonds is 5. The number of aromatic nitrogens is 1. The summed E-state index contributed by atoms with van der Waals surface area (Å²) in [5, 5.41) is 4.21. The third-order valence-electron chi connectivity index (χ3n) is 2.95. The highest BCUT2D eigenvalue weighted by molar-refractivity contribution is 7.12. The fraction of sp³-hybridized carbons (Fsp3) is 0.786. The van der Waals surface area contributed by atoms with Gasteiger partial charge in [0.25, 0.3) is 0 Å². The molecule has 0 aromatic carbocycles. The molecule has 0 saturated carbocycles. The molecule has 0 radical (unpaired) electrons. The molecule has 0 saturated heterocycles. The first-order chi connectivity index (χ1) is 9.00. The van der Waals surface area contributed by atoms with Crippen molar-refractivity contribution in [1.82, 2.24) is 10.3 Å². The van der Waals surface area contributed by atoms with Gasteiger partial charge in [-0.2, -0.15) is 13.2 Å². The summed E-state index contributed by atoms with van der Waals surface area (Å²) in [4.78, 5) is 5.68. The van der Waals surface area contributed by atoms with Crippen LogP contribution in [0, 0.1) is 6.92 Å².